The Kier molecular flexibility index (Phi) is 2.56. The van der Waals surface area contributed by atoms with Gasteiger partial charge in [0, 0.05) is 12.5 Å². The Morgan fingerprint density at radius 1 is 1.12 bits per heavy atom. The SMILES string of the molecule is C[C@@H](C1=NCCN1)c1ccc2ccccc2c1. The summed E-state index contributed by atoms with van der Waals surface area (Å²) in [7, 11) is 0. The highest BCUT2D eigenvalue weighted by Gasteiger charge is 2.15. The van der Waals surface area contributed by atoms with Gasteiger partial charge in [-0.2, -0.15) is 0 Å². The number of aliphatic imine (C=N–C) groups is 1. The molecular formula is C15H16N2. The minimum absolute atomic E-state index is 0.363. The quantitative estimate of drug-likeness (QED) is 0.833. The molecule has 2 nitrogen and oxygen atoms in total. The lowest BCUT2D eigenvalue weighted by Gasteiger charge is -2.13. The minimum atomic E-state index is 0.363. The fourth-order valence-electron chi connectivity index (χ4n) is 2.34. The Labute approximate surface area is 101 Å². The highest BCUT2D eigenvalue weighted by atomic mass is 15.1. The molecule has 0 unspecified atom stereocenters. The summed E-state index contributed by atoms with van der Waals surface area (Å²) in [6, 6.07) is 15.1. The predicted octanol–water partition coefficient (Wildman–Crippen LogP) is 2.95. The van der Waals surface area contributed by atoms with Crippen molar-refractivity contribution in [3.8, 4) is 0 Å². The van der Waals surface area contributed by atoms with E-state index in [4.69, 9.17) is 0 Å². The number of hydrogen-bond acceptors (Lipinski definition) is 2. The van der Waals surface area contributed by atoms with E-state index < -0.39 is 0 Å². The maximum Gasteiger partial charge on any atom is 0.104 e. The molecule has 0 aromatic heterocycles. The number of hydrogen-bond donors (Lipinski definition) is 1. The Hall–Kier alpha value is -1.83. The van der Waals surface area contributed by atoms with Crippen LogP contribution in [0.3, 0.4) is 0 Å². The Bertz CT molecular complexity index is 572. The van der Waals surface area contributed by atoms with Gasteiger partial charge in [0.2, 0.25) is 0 Å². The molecule has 2 aromatic rings. The molecule has 1 aliphatic heterocycles. The van der Waals surface area contributed by atoms with Crippen molar-refractivity contribution in [3.05, 3.63) is 48.0 Å². The third-order valence-corrected chi connectivity index (χ3v) is 3.38. The number of nitrogens with one attached hydrogen (secondary N) is 1. The van der Waals surface area contributed by atoms with Crippen LogP contribution in [0.4, 0.5) is 0 Å². The van der Waals surface area contributed by atoms with Gasteiger partial charge in [-0.1, -0.05) is 49.4 Å². The van der Waals surface area contributed by atoms with E-state index in [1.807, 2.05) is 0 Å². The van der Waals surface area contributed by atoms with E-state index in [2.05, 4.69) is 59.7 Å². The lowest BCUT2D eigenvalue weighted by atomic mass is 9.97. The monoisotopic (exact) mass is 224 g/mol. The van der Waals surface area contributed by atoms with E-state index in [1.165, 1.54) is 16.3 Å². The second-order valence-electron chi connectivity index (χ2n) is 4.52. The fraction of sp³-hybridized carbons (Fsp3) is 0.267. The van der Waals surface area contributed by atoms with Gasteiger partial charge in [-0.15, -0.1) is 0 Å². The van der Waals surface area contributed by atoms with Crippen LogP contribution in [0.5, 0.6) is 0 Å². The van der Waals surface area contributed by atoms with Crippen LogP contribution in [0.15, 0.2) is 47.5 Å². The van der Waals surface area contributed by atoms with Crippen LogP contribution in [-0.2, 0) is 0 Å². The van der Waals surface area contributed by atoms with Gasteiger partial charge in [0.25, 0.3) is 0 Å². The lowest BCUT2D eigenvalue weighted by Crippen LogP contribution is -2.23. The molecule has 0 aliphatic carbocycles. The van der Waals surface area contributed by atoms with Crippen molar-refractivity contribution in [2.75, 3.05) is 13.1 Å². The third-order valence-electron chi connectivity index (χ3n) is 3.38. The zero-order chi connectivity index (χ0) is 11.7. The second kappa shape index (κ2) is 4.21. The Morgan fingerprint density at radius 2 is 1.94 bits per heavy atom. The first-order valence-corrected chi connectivity index (χ1v) is 6.11. The fourth-order valence-corrected chi connectivity index (χ4v) is 2.34. The molecule has 86 valence electrons. The molecule has 0 saturated carbocycles. The van der Waals surface area contributed by atoms with Crippen LogP contribution in [-0.4, -0.2) is 18.9 Å². The molecule has 0 fully saturated rings. The van der Waals surface area contributed by atoms with Crippen LogP contribution in [0.1, 0.15) is 18.4 Å². The van der Waals surface area contributed by atoms with Crippen molar-refractivity contribution < 1.29 is 0 Å². The molecule has 0 amide bonds. The first-order valence-electron chi connectivity index (χ1n) is 6.11. The van der Waals surface area contributed by atoms with E-state index in [1.54, 1.807) is 0 Å². The van der Waals surface area contributed by atoms with Gasteiger partial charge >= 0.3 is 0 Å². The topological polar surface area (TPSA) is 24.4 Å². The maximum absolute atomic E-state index is 4.50. The molecule has 1 heterocycles. The Morgan fingerprint density at radius 3 is 2.71 bits per heavy atom. The molecule has 0 saturated heterocycles. The van der Waals surface area contributed by atoms with Crippen LogP contribution in [0, 0.1) is 0 Å². The smallest absolute Gasteiger partial charge is 0.104 e. The zero-order valence-corrected chi connectivity index (χ0v) is 9.98. The number of rotatable bonds is 2. The number of nitrogens with zero attached hydrogens (tertiary/aromatic N) is 1. The van der Waals surface area contributed by atoms with Gasteiger partial charge in [0.1, 0.15) is 5.84 Å². The van der Waals surface area contributed by atoms with Crippen molar-refractivity contribution in [1.82, 2.24) is 5.32 Å². The summed E-state index contributed by atoms with van der Waals surface area (Å²) in [6.45, 7) is 4.10. The van der Waals surface area contributed by atoms with Gasteiger partial charge in [-0.05, 0) is 16.3 Å². The summed E-state index contributed by atoms with van der Waals surface area (Å²) < 4.78 is 0. The molecule has 2 heteroatoms. The largest absolute Gasteiger partial charge is 0.371 e. The molecule has 0 bridgehead atoms. The molecule has 1 aliphatic rings. The standard InChI is InChI=1S/C15H16N2/c1-11(15-16-8-9-17-15)13-7-6-12-4-2-3-5-14(12)10-13/h2-7,10-11H,8-9H2,1H3,(H,16,17)/t11-/m1/s1. The lowest BCUT2D eigenvalue weighted by molar-refractivity contribution is 0.920. The normalized spacial score (nSPS) is 16.6. The molecule has 2 aromatic carbocycles. The van der Waals surface area contributed by atoms with Crippen LogP contribution in [0.25, 0.3) is 10.8 Å². The molecular weight excluding hydrogens is 208 g/mol. The zero-order valence-electron chi connectivity index (χ0n) is 9.98. The van der Waals surface area contributed by atoms with Gasteiger partial charge in [0.05, 0.1) is 6.54 Å². The second-order valence-corrected chi connectivity index (χ2v) is 4.52. The summed E-state index contributed by atoms with van der Waals surface area (Å²) in [6.07, 6.45) is 0. The van der Waals surface area contributed by atoms with Gasteiger partial charge in [0.15, 0.2) is 0 Å². The van der Waals surface area contributed by atoms with Gasteiger partial charge in [-0.25, -0.2) is 0 Å². The third kappa shape index (κ3) is 1.91. The van der Waals surface area contributed by atoms with E-state index in [-0.39, 0.29) is 0 Å². The summed E-state index contributed by atoms with van der Waals surface area (Å²) in [4.78, 5) is 4.50. The molecule has 3 rings (SSSR count). The molecule has 1 atom stereocenters. The summed E-state index contributed by atoms with van der Waals surface area (Å²) in [5.74, 6) is 1.49. The van der Waals surface area contributed by atoms with Crippen molar-refractivity contribution in [1.29, 1.82) is 0 Å². The minimum Gasteiger partial charge on any atom is -0.371 e. The van der Waals surface area contributed by atoms with Crippen LogP contribution < -0.4 is 5.32 Å². The van der Waals surface area contributed by atoms with E-state index in [0.29, 0.717) is 5.92 Å². The Balaban J connectivity index is 2.00. The van der Waals surface area contributed by atoms with Crippen LogP contribution in [0.2, 0.25) is 0 Å². The van der Waals surface area contributed by atoms with Crippen LogP contribution >= 0.6 is 0 Å². The summed E-state index contributed by atoms with van der Waals surface area (Å²) >= 11 is 0. The number of amidine groups is 1. The first-order chi connectivity index (χ1) is 8.34. The highest BCUT2D eigenvalue weighted by Crippen LogP contribution is 2.22. The van der Waals surface area contributed by atoms with Crippen molar-refractivity contribution >= 4 is 16.6 Å². The van der Waals surface area contributed by atoms with Crippen molar-refractivity contribution in [3.63, 3.8) is 0 Å². The average molecular weight is 224 g/mol. The van der Waals surface area contributed by atoms with E-state index in [0.717, 1.165) is 18.9 Å². The van der Waals surface area contributed by atoms with Gasteiger partial charge < -0.3 is 5.32 Å². The van der Waals surface area contributed by atoms with E-state index >= 15 is 0 Å². The molecule has 0 spiro atoms. The first kappa shape index (κ1) is 10.3. The maximum atomic E-state index is 4.50. The summed E-state index contributed by atoms with van der Waals surface area (Å²) in [5.41, 5.74) is 1.33. The van der Waals surface area contributed by atoms with Gasteiger partial charge in [-0.3, -0.25) is 4.99 Å². The number of fused-ring (bicyclic) bond motifs is 1. The average Bonchev–Trinajstić information content (AvgIpc) is 2.91. The van der Waals surface area contributed by atoms with Crippen molar-refractivity contribution in [2.24, 2.45) is 4.99 Å². The predicted molar refractivity (Wildman–Crippen MR) is 72.7 cm³/mol. The molecule has 0 radical (unpaired) electrons. The number of benzene rings is 2. The summed E-state index contributed by atoms with van der Waals surface area (Å²) in [5, 5.41) is 5.95. The molecule has 1 N–H and O–H groups in total. The van der Waals surface area contributed by atoms with Crippen molar-refractivity contribution in [2.45, 2.75) is 12.8 Å². The molecule has 17 heavy (non-hydrogen) atoms. The van der Waals surface area contributed by atoms with E-state index in [9.17, 15) is 0 Å². The highest BCUT2D eigenvalue weighted by molar-refractivity contribution is 5.91.